The zero-order valence-electron chi connectivity index (χ0n) is 37.6. The Labute approximate surface area is 388 Å². The third kappa shape index (κ3) is 14.6. The van der Waals surface area contributed by atoms with Crippen molar-refractivity contribution in [3.63, 3.8) is 0 Å². The smallest absolute Gasteiger partial charge is 0.315 e. The summed E-state index contributed by atoms with van der Waals surface area (Å²) in [6, 6.07) is 11.4. The van der Waals surface area contributed by atoms with Crippen LogP contribution in [0.25, 0.3) is 0 Å². The van der Waals surface area contributed by atoms with Gasteiger partial charge in [-0.25, -0.2) is 20.2 Å². The number of hydrazine groups is 1. The van der Waals surface area contributed by atoms with E-state index in [4.69, 9.17) is 4.98 Å². The average Bonchev–Trinajstić information content (AvgIpc) is 3.80. The van der Waals surface area contributed by atoms with Crippen molar-refractivity contribution in [1.82, 2.24) is 67.3 Å². The second-order valence-electron chi connectivity index (χ2n) is 17.3. The number of aromatic amines is 1. The highest BCUT2D eigenvalue weighted by molar-refractivity contribution is 7.99. The number of benzene rings is 1. The number of aryl methyl sites for hydroxylation is 3. The second-order valence-corrected chi connectivity index (χ2v) is 18.3. The standard InChI is InChI=1S/C44H62N16O5S/c1-28-25-37(56-54-28)51-36-26-35(52-43(53-36)66-33-17-15-31(16-18-33)49-40(63)30-13-14-30)45-22-23-47-39(62)12-7-20-44(41(64)57-58-44)19-6-9-32-27-60(59-55-32)24-8-21-46-38(61)11-5-3-4-10-34-29(2)48-42(65)50-34/h15-18,25-27,29-30,34,58H,3-14,19-24H2,1-2H3,(H,46,61)(H,47,62)(H,49,63)(H,57,64)(H2,48,50,65)(H3,45,51,52,53,54,56)/t29-,34+,44?/m1/s1. The Kier molecular flexibility index (Phi) is 16.8. The first-order chi connectivity index (χ1) is 32.0. The lowest BCUT2D eigenvalue weighted by atomic mass is 9.84. The summed E-state index contributed by atoms with van der Waals surface area (Å²) in [7, 11) is 0. The first-order valence-corrected chi connectivity index (χ1v) is 23.9. The number of hydrogen-bond acceptors (Lipinski definition) is 14. The van der Waals surface area contributed by atoms with Crippen LogP contribution < -0.4 is 48.1 Å². The molecule has 0 bridgehead atoms. The van der Waals surface area contributed by atoms with Crippen LogP contribution >= 0.6 is 11.8 Å². The van der Waals surface area contributed by atoms with Crippen LogP contribution in [0.15, 0.2) is 52.6 Å². The van der Waals surface area contributed by atoms with E-state index in [0.717, 1.165) is 66.9 Å². The van der Waals surface area contributed by atoms with E-state index in [9.17, 15) is 24.0 Å². The van der Waals surface area contributed by atoms with Crippen LogP contribution in [0.1, 0.15) is 102 Å². The fourth-order valence-electron chi connectivity index (χ4n) is 7.82. The predicted molar refractivity (Wildman–Crippen MR) is 249 cm³/mol. The molecule has 22 heteroatoms. The Balaban J connectivity index is 0.766. The maximum Gasteiger partial charge on any atom is 0.315 e. The average molecular weight is 927 g/mol. The number of nitrogens with one attached hydrogen (secondary N) is 10. The molecule has 66 heavy (non-hydrogen) atoms. The van der Waals surface area contributed by atoms with E-state index in [1.165, 1.54) is 11.8 Å². The number of aromatic nitrogens is 7. The molecule has 7 rings (SSSR count). The zero-order valence-corrected chi connectivity index (χ0v) is 38.5. The van der Waals surface area contributed by atoms with Gasteiger partial charge in [-0.3, -0.25) is 34.4 Å². The summed E-state index contributed by atoms with van der Waals surface area (Å²) in [5.74, 6) is 1.77. The number of rotatable bonds is 28. The fourth-order valence-corrected chi connectivity index (χ4v) is 8.59. The third-order valence-electron chi connectivity index (χ3n) is 11.8. The van der Waals surface area contributed by atoms with Crippen LogP contribution in [0.2, 0.25) is 0 Å². The van der Waals surface area contributed by atoms with E-state index in [0.29, 0.717) is 87.3 Å². The van der Waals surface area contributed by atoms with Crippen molar-refractivity contribution in [3.8, 4) is 0 Å². The lowest BCUT2D eigenvalue weighted by Gasteiger charge is -2.42. The molecule has 1 saturated carbocycles. The zero-order chi connectivity index (χ0) is 46.3. The maximum atomic E-state index is 12.8. The van der Waals surface area contributed by atoms with Gasteiger partial charge in [-0.1, -0.05) is 18.1 Å². The molecule has 5 heterocycles. The van der Waals surface area contributed by atoms with Gasteiger partial charge < -0.3 is 37.2 Å². The number of carbonyl (C=O) groups excluding carboxylic acids is 5. The van der Waals surface area contributed by atoms with E-state index in [1.807, 2.05) is 50.4 Å². The summed E-state index contributed by atoms with van der Waals surface area (Å²) in [5, 5.41) is 37.4. The van der Waals surface area contributed by atoms with Crippen LogP contribution in [-0.2, 0) is 32.1 Å². The Morgan fingerprint density at radius 3 is 2.35 bits per heavy atom. The Bertz CT molecular complexity index is 2280. The van der Waals surface area contributed by atoms with Crippen LogP contribution in [0, 0.1) is 12.8 Å². The first-order valence-electron chi connectivity index (χ1n) is 23.1. The molecule has 21 nitrogen and oxygen atoms in total. The minimum absolute atomic E-state index is 0.0421. The van der Waals surface area contributed by atoms with Crippen molar-refractivity contribution in [2.24, 2.45) is 5.92 Å². The van der Waals surface area contributed by atoms with E-state index >= 15 is 0 Å². The molecular weight excluding hydrogens is 865 g/mol. The lowest BCUT2D eigenvalue weighted by Crippen LogP contribution is -2.74. The Hall–Kier alpha value is -6.29. The summed E-state index contributed by atoms with van der Waals surface area (Å²) in [5.41, 5.74) is 7.52. The summed E-state index contributed by atoms with van der Waals surface area (Å²) in [4.78, 5) is 71.7. The lowest BCUT2D eigenvalue weighted by molar-refractivity contribution is -0.141. The SMILES string of the molecule is Cc1cc(Nc2cc(NCCNC(=O)CCCC3(CCCc4cn(CCCNC(=O)CCCCC[C@@H]5NC(=O)N[C@@H]5C)nn4)NNC3=O)nc(Sc3ccc(NC(=O)C4CC4)cc3)n2)n[nH]1. The number of carbonyl (C=O) groups is 5. The molecule has 3 aromatic heterocycles. The topological polar surface area (TPSA) is 279 Å². The van der Waals surface area contributed by atoms with Crippen molar-refractivity contribution in [3.05, 3.63) is 54.0 Å². The highest BCUT2D eigenvalue weighted by Crippen LogP contribution is 2.32. The van der Waals surface area contributed by atoms with Crippen molar-refractivity contribution < 1.29 is 24.0 Å². The van der Waals surface area contributed by atoms with Gasteiger partial charge in [0.2, 0.25) is 17.7 Å². The third-order valence-corrected chi connectivity index (χ3v) is 12.6. The molecule has 4 aromatic rings. The van der Waals surface area contributed by atoms with Crippen molar-refractivity contribution in [2.45, 2.75) is 138 Å². The molecule has 3 atom stereocenters. The summed E-state index contributed by atoms with van der Waals surface area (Å²) < 4.78 is 1.78. The largest absolute Gasteiger partial charge is 0.368 e. The molecule has 1 unspecified atom stereocenters. The number of hydrogen-bond donors (Lipinski definition) is 10. The molecule has 3 aliphatic rings. The van der Waals surface area contributed by atoms with E-state index in [1.54, 1.807) is 10.7 Å². The van der Waals surface area contributed by atoms with Gasteiger partial charge in [0.1, 0.15) is 17.2 Å². The molecule has 10 N–H and O–H groups in total. The van der Waals surface area contributed by atoms with Gasteiger partial charge in [-0.2, -0.15) is 5.10 Å². The number of nitrogens with zero attached hydrogens (tertiary/aromatic N) is 6. The predicted octanol–water partition coefficient (Wildman–Crippen LogP) is 3.96. The van der Waals surface area contributed by atoms with Crippen LogP contribution in [0.5, 0.6) is 0 Å². The molecule has 1 aliphatic carbocycles. The normalized spacial score (nSPS) is 18.7. The summed E-state index contributed by atoms with van der Waals surface area (Å²) in [6.07, 6.45) is 11.9. The van der Waals surface area contributed by atoms with Gasteiger partial charge in [-0.05, 0) is 114 Å². The number of urea groups is 1. The van der Waals surface area contributed by atoms with Crippen molar-refractivity contribution >= 4 is 64.6 Å². The van der Waals surface area contributed by atoms with E-state index in [-0.39, 0.29) is 54.1 Å². The minimum Gasteiger partial charge on any atom is -0.368 e. The van der Waals surface area contributed by atoms with Crippen LogP contribution in [-0.4, -0.2) is 102 Å². The Morgan fingerprint density at radius 1 is 0.864 bits per heavy atom. The summed E-state index contributed by atoms with van der Waals surface area (Å²) >= 11 is 1.38. The highest BCUT2D eigenvalue weighted by atomic mass is 32.2. The molecular formula is C44H62N16O5S. The van der Waals surface area contributed by atoms with E-state index in [2.05, 4.69) is 73.6 Å². The molecule has 3 fully saturated rings. The minimum atomic E-state index is -0.725. The van der Waals surface area contributed by atoms with Gasteiger partial charge in [-0.15, -0.1) is 5.10 Å². The molecule has 0 spiro atoms. The van der Waals surface area contributed by atoms with Gasteiger partial charge in [0.25, 0.3) is 5.91 Å². The van der Waals surface area contributed by atoms with Gasteiger partial charge in [0.15, 0.2) is 11.0 Å². The Morgan fingerprint density at radius 2 is 1.64 bits per heavy atom. The van der Waals surface area contributed by atoms with Crippen molar-refractivity contribution in [2.75, 3.05) is 35.6 Å². The molecule has 2 saturated heterocycles. The van der Waals surface area contributed by atoms with Gasteiger partial charge >= 0.3 is 6.03 Å². The van der Waals surface area contributed by atoms with Gasteiger partial charge in [0, 0.05) is 85.6 Å². The van der Waals surface area contributed by atoms with Gasteiger partial charge in [0.05, 0.1) is 11.7 Å². The number of H-pyrrole nitrogens is 1. The monoisotopic (exact) mass is 926 g/mol. The fraction of sp³-hybridized carbons (Fsp3) is 0.545. The summed E-state index contributed by atoms with van der Waals surface area (Å²) in [6.45, 7) is 5.88. The quantitative estimate of drug-likeness (QED) is 0.0285. The molecule has 2 aliphatic heterocycles. The molecule has 0 radical (unpaired) electrons. The number of amides is 6. The molecule has 1 aromatic carbocycles. The van der Waals surface area contributed by atoms with Crippen LogP contribution in [0.3, 0.4) is 0 Å². The first kappa shape index (κ1) is 47.7. The van der Waals surface area contributed by atoms with Crippen molar-refractivity contribution in [1.29, 1.82) is 0 Å². The van der Waals surface area contributed by atoms with E-state index < -0.39 is 5.54 Å². The molecule has 354 valence electrons. The highest BCUT2D eigenvalue weighted by Gasteiger charge is 2.45. The number of anilines is 4. The maximum absolute atomic E-state index is 12.8. The second kappa shape index (κ2) is 23.2. The molecule has 6 amide bonds. The number of unbranched alkanes of at least 4 members (excludes halogenated alkanes) is 2. The van der Waals surface area contributed by atoms with Crippen LogP contribution in [0.4, 0.5) is 27.9 Å².